The zero-order valence-corrected chi connectivity index (χ0v) is 18.3. The number of carbonyl (C=O) groups is 4. The van der Waals surface area contributed by atoms with Gasteiger partial charge in [-0.1, -0.05) is 6.92 Å². The summed E-state index contributed by atoms with van der Waals surface area (Å²) in [4.78, 5) is 48.3. The molecule has 0 saturated carbocycles. The minimum atomic E-state index is -0.850. The van der Waals surface area contributed by atoms with E-state index in [0.717, 1.165) is 0 Å². The van der Waals surface area contributed by atoms with Crippen LogP contribution in [-0.4, -0.2) is 48.2 Å². The fraction of sp³-hybridized carbons (Fsp3) is 0.524. The number of hydrogen-bond acceptors (Lipinski definition) is 6. The molecule has 0 aromatic heterocycles. The number of ether oxygens (including phenoxy) is 2. The molecule has 9 heteroatoms. The van der Waals surface area contributed by atoms with Gasteiger partial charge in [-0.3, -0.25) is 9.59 Å². The fourth-order valence-corrected chi connectivity index (χ4v) is 2.34. The Labute approximate surface area is 176 Å². The van der Waals surface area contributed by atoms with E-state index in [4.69, 9.17) is 9.47 Å². The largest absolute Gasteiger partial charge is 0.462 e. The molecular weight excluding hydrogens is 390 g/mol. The number of hydrogen-bond donors (Lipinski definition) is 3. The van der Waals surface area contributed by atoms with Gasteiger partial charge >= 0.3 is 12.1 Å². The molecule has 166 valence electrons. The molecule has 0 radical (unpaired) electrons. The topological polar surface area (TPSA) is 123 Å². The lowest BCUT2D eigenvalue weighted by molar-refractivity contribution is -0.127. The van der Waals surface area contributed by atoms with Gasteiger partial charge in [0.05, 0.1) is 12.2 Å². The van der Waals surface area contributed by atoms with Gasteiger partial charge in [0.2, 0.25) is 11.8 Å². The van der Waals surface area contributed by atoms with E-state index in [1.165, 1.54) is 19.1 Å². The minimum absolute atomic E-state index is 0.274. The van der Waals surface area contributed by atoms with Crippen LogP contribution in [0.4, 0.5) is 10.5 Å². The summed E-state index contributed by atoms with van der Waals surface area (Å²) in [6, 6.07) is 4.52. The van der Waals surface area contributed by atoms with E-state index in [0.29, 0.717) is 17.7 Å². The number of nitrogens with one attached hydrogen (secondary N) is 3. The first-order valence-corrected chi connectivity index (χ1v) is 9.84. The molecule has 0 aliphatic carbocycles. The van der Waals surface area contributed by atoms with Crippen LogP contribution < -0.4 is 16.0 Å². The number of anilines is 1. The minimum Gasteiger partial charge on any atom is -0.462 e. The number of amides is 3. The molecule has 0 aliphatic heterocycles. The molecule has 0 saturated heterocycles. The molecule has 30 heavy (non-hydrogen) atoms. The fourth-order valence-electron chi connectivity index (χ4n) is 2.34. The van der Waals surface area contributed by atoms with Crippen molar-refractivity contribution in [1.82, 2.24) is 10.6 Å². The van der Waals surface area contributed by atoms with Crippen molar-refractivity contribution in [1.29, 1.82) is 0 Å². The summed E-state index contributed by atoms with van der Waals surface area (Å²) < 4.78 is 10.1. The summed E-state index contributed by atoms with van der Waals surface area (Å²) >= 11 is 0. The zero-order valence-electron chi connectivity index (χ0n) is 18.3. The predicted molar refractivity (Wildman–Crippen MR) is 112 cm³/mol. The molecule has 1 unspecified atom stereocenters. The smallest absolute Gasteiger partial charge is 0.408 e. The average Bonchev–Trinajstić information content (AvgIpc) is 2.65. The van der Waals surface area contributed by atoms with E-state index < -0.39 is 41.6 Å². The Kier molecular flexibility index (Phi) is 9.29. The number of alkyl carbamates (subject to hydrolysis) is 1. The van der Waals surface area contributed by atoms with Gasteiger partial charge in [0.15, 0.2) is 0 Å². The zero-order chi connectivity index (χ0) is 22.9. The summed E-state index contributed by atoms with van der Waals surface area (Å²) in [5, 5.41) is 7.72. The van der Waals surface area contributed by atoms with Gasteiger partial charge in [0.25, 0.3) is 0 Å². The summed E-state index contributed by atoms with van der Waals surface area (Å²) in [5.41, 5.74) is 0.151. The van der Waals surface area contributed by atoms with Crippen molar-refractivity contribution in [2.24, 2.45) is 0 Å². The van der Waals surface area contributed by atoms with Gasteiger partial charge in [0, 0.05) is 5.69 Å². The van der Waals surface area contributed by atoms with E-state index in [1.54, 1.807) is 46.8 Å². The Morgan fingerprint density at radius 1 is 0.967 bits per heavy atom. The summed E-state index contributed by atoms with van der Waals surface area (Å²) in [5.74, 6) is -1.39. The second-order valence-electron chi connectivity index (χ2n) is 7.62. The lowest BCUT2D eigenvalue weighted by atomic mass is 10.1. The van der Waals surface area contributed by atoms with Crippen molar-refractivity contribution in [2.45, 2.75) is 65.6 Å². The molecule has 9 nitrogen and oxygen atoms in total. The molecule has 0 aliphatic rings. The highest BCUT2D eigenvalue weighted by molar-refractivity contribution is 5.98. The number of carbonyl (C=O) groups excluding carboxylic acids is 4. The van der Waals surface area contributed by atoms with Crippen LogP contribution >= 0.6 is 0 Å². The quantitative estimate of drug-likeness (QED) is 0.555. The van der Waals surface area contributed by atoms with Gasteiger partial charge in [-0.2, -0.15) is 0 Å². The molecule has 2 atom stereocenters. The van der Waals surface area contributed by atoms with Crippen LogP contribution in [0, 0.1) is 0 Å². The highest BCUT2D eigenvalue weighted by Gasteiger charge is 2.25. The van der Waals surface area contributed by atoms with Gasteiger partial charge in [-0.05, 0) is 65.3 Å². The maximum absolute atomic E-state index is 12.4. The Bertz CT molecular complexity index is 755. The van der Waals surface area contributed by atoms with Gasteiger partial charge in [-0.15, -0.1) is 0 Å². The van der Waals surface area contributed by atoms with Gasteiger partial charge in [-0.25, -0.2) is 9.59 Å². The van der Waals surface area contributed by atoms with Crippen LogP contribution in [0.1, 0.15) is 58.3 Å². The van der Waals surface area contributed by atoms with Crippen LogP contribution in [0.3, 0.4) is 0 Å². The van der Waals surface area contributed by atoms with Crippen LogP contribution in [0.25, 0.3) is 0 Å². The van der Waals surface area contributed by atoms with E-state index in [2.05, 4.69) is 16.0 Å². The lowest BCUT2D eigenvalue weighted by Crippen LogP contribution is -2.52. The van der Waals surface area contributed by atoms with E-state index in [9.17, 15) is 19.2 Å². The second kappa shape index (κ2) is 11.2. The first kappa shape index (κ1) is 24.9. The third kappa shape index (κ3) is 8.50. The first-order valence-electron chi connectivity index (χ1n) is 9.84. The number of benzene rings is 1. The molecule has 0 spiro atoms. The van der Waals surface area contributed by atoms with Crippen molar-refractivity contribution in [2.75, 3.05) is 11.9 Å². The molecule has 1 aromatic rings. The van der Waals surface area contributed by atoms with E-state index in [1.807, 2.05) is 0 Å². The third-order valence-corrected chi connectivity index (χ3v) is 3.83. The standard InChI is InChI=1S/C21H31N3O6/c1-7-16(24-20(28)30-21(4,5)6)18(26)22-13(3)17(25)23-15-11-9-14(10-12-15)19(27)29-8-2/h9-13,16H,7-8H2,1-6H3,(H,22,26)(H,23,25)(H,24,28)/t13-,16?/m1/s1. The van der Waals surface area contributed by atoms with Gasteiger partial charge < -0.3 is 25.4 Å². The number of rotatable bonds is 8. The normalized spacial score (nSPS) is 12.9. The Morgan fingerprint density at radius 2 is 1.57 bits per heavy atom. The van der Waals surface area contributed by atoms with Crippen molar-refractivity contribution in [3.05, 3.63) is 29.8 Å². The van der Waals surface area contributed by atoms with Crippen molar-refractivity contribution in [3.8, 4) is 0 Å². The van der Waals surface area contributed by atoms with E-state index >= 15 is 0 Å². The summed E-state index contributed by atoms with van der Waals surface area (Å²) in [7, 11) is 0. The number of esters is 1. The maximum Gasteiger partial charge on any atom is 0.408 e. The SMILES string of the molecule is CCOC(=O)c1ccc(NC(=O)[C@@H](C)NC(=O)C(CC)NC(=O)OC(C)(C)C)cc1. The van der Waals surface area contributed by atoms with Crippen LogP contribution in [0.15, 0.2) is 24.3 Å². The molecule has 1 aromatic carbocycles. The molecule has 0 bridgehead atoms. The molecule has 0 heterocycles. The Hall–Kier alpha value is -3.10. The highest BCUT2D eigenvalue weighted by Crippen LogP contribution is 2.11. The summed E-state index contributed by atoms with van der Waals surface area (Å²) in [6.45, 7) is 10.4. The lowest BCUT2D eigenvalue weighted by Gasteiger charge is -2.23. The predicted octanol–water partition coefficient (Wildman–Crippen LogP) is 2.61. The Morgan fingerprint density at radius 3 is 2.07 bits per heavy atom. The molecule has 1 rings (SSSR count). The van der Waals surface area contributed by atoms with E-state index in [-0.39, 0.29) is 6.61 Å². The van der Waals surface area contributed by atoms with Crippen LogP contribution in [0.2, 0.25) is 0 Å². The molecule has 3 N–H and O–H groups in total. The second-order valence-corrected chi connectivity index (χ2v) is 7.62. The highest BCUT2D eigenvalue weighted by atomic mass is 16.6. The third-order valence-electron chi connectivity index (χ3n) is 3.83. The van der Waals surface area contributed by atoms with Crippen molar-refractivity contribution < 1.29 is 28.7 Å². The van der Waals surface area contributed by atoms with Crippen LogP contribution in [0.5, 0.6) is 0 Å². The molecular formula is C21H31N3O6. The van der Waals surface area contributed by atoms with Crippen LogP contribution in [-0.2, 0) is 19.1 Å². The van der Waals surface area contributed by atoms with Gasteiger partial charge in [0.1, 0.15) is 17.7 Å². The Balaban J connectivity index is 2.62. The maximum atomic E-state index is 12.4. The monoisotopic (exact) mass is 421 g/mol. The molecule has 3 amide bonds. The first-order chi connectivity index (χ1) is 14.0. The molecule has 0 fully saturated rings. The average molecular weight is 421 g/mol. The van der Waals surface area contributed by atoms with Crippen molar-refractivity contribution >= 4 is 29.6 Å². The summed E-state index contributed by atoms with van der Waals surface area (Å²) in [6.07, 6.45) is -0.377. The van der Waals surface area contributed by atoms with Crippen molar-refractivity contribution in [3.63, 3.8) is 0 Å².